The van der Waals surface area contributed by atoms with E-state index in [-0.39, 0.29) is 11.5 Å². The highest BCUT2D eigenvalue weighted by atomic mass is 16.6. The van der Waals surface area contributed by atoms with Gasteiger partial charge in [0, 0.05) is 25.6 Å². The third kappa shape index (κ3) is 4.15. The molecule has 4 rings (SSSR count). The lowest BCUT2D eigenvalue weighted by Crippen LogP contribution is -2.42. The van der Waals surface area contributed by atoms with Gasteiger partial charge in [-0.3, -0.25) is 0 Å². The summed E-state index contributed by atoms with van der Waals surface area (Å²) in [4.78, 5) is 18.9. The molecule has 1 saturated heterocycles. The van der Waals surface area contributed by atoms with Crippen molar-refractivity contribution in [2.24, 2.45) is 11.3 Å². The van der Waals surface area contributed by atoms with Crippen molar-refractivity contribution in [1.82, 2.24) is 14.5 Å². The molecule has 1 aliphatic carbocycles. The van der Waals surface area contributed by atoms with Gasteiger partial charge in [-0.15, -0.1) is 0 Å². The molecule has 2 aromatic rings. The number of carbonyl (C=O) groups is 1. The van der Waals surface area contributed by atoms with Gasteiger partial charge in [-0.25, -0.2) is 9.78 Å². The first-order valence-corrected chi connectivity index (χ1v) is 10.6. The normalized spacial score (nSPS) is 24.4. The third-order valence-corrected chi connectivity index (χ3v) is 6.31. The van der Waals surface area contributed by atoms with Crippen LogP contribution in [0, 0.1) is 22.7 Å². The Morgan fingerprint density at radius 1 is 1.43 bits per heavy atom. The van der Waals surface area contributed by atoms with Crippen LogP contribution in [0.15, 0.2) is 24.5 Å². The number of hydrogen-bond donors (Lipinski definition) is 0. The van der Waals surface area contributed by atoms with E-state index in [0.29, 0.717) is 31.2 Å². The highest BCUT2D eigenvalue weighted by Gasteiger charge is 2.48. The fraction of sp³-hybridized carbons (Fsp3) is 0.609. The number of amides is 1. The molecule has 0 bridgehead atoms. The second-order valence-corrected chi connectivity index (χ2v) is 9.68. The molecule has 0 unspecified atom stereocenters. The van der Waals surface area contributed by atoms with Crippen molar-refractivity contribution < 1.29 is 14.3 Å². The zero-order valence-corrected chi connectivity index (χ0v) is 18.1. The summed E-state index contributed by atoms with van der Waals surface area (Å²) < 4.78 is 13.4. The molecule has 2 heterocycles. The van der Waals surface area contributed by atoms with Crippen LogP contribution < -0.4 is 0 Å². The van der Waals surface area contributed by atoms with Crippen molar-refractivity contribution in [1.29, 1.82) is 5.26 Å². The monoisotopic (exact) mass is 410 g/mol. The molecule has 160 valence electrons. The maximum absolute atomic E-state index is 12.6. The summed E-state index contributed by atoms with van der Waals surface area (Å²) in [5, 5.41) is 9.21. The molecule has 1 aliphatic heterocycles. The SMILES string of the molecule is COCC(C)(C)CN1C[C@@]2(CCC[C@H](Cn3cnc4ccc(C#N)cc43)C2)OC1=O. The average Bonchev–Trinajstić information content (AvgIpc) is 3.21. The predicted molar refractivity (Wildman–Crippen MR) is 113 cm³/mol. The molecular formula is C23H30N4O3. The number of nitriles is 1. The Hall–Kier alpha value is -2.59. The van der Waals surface area contributed by atoms with Crippen LogP contribution in [0.5, 0.6) is 0 Å². The van der Waals surface area contributed by atoms with Gasteiger partial charge in [0.2, 0.25) is 0 Å². The molecular weight excluding hydrogens is 380 g/mol. The highest BCUT2D eigenvalue weighted by molar-refractivity contribution is 5.77. The molecule has 2 aliphatic rings. The van der Waals surface area contributed by atoms with Crippen LogP contribution in [0.4, 0.5) is 4.79 Å². The molecule has 1 aromatic heterocycles. The fourth-order valence-corrected chi connectivity index (χ4v) is 5.15. The van der Waals surface area contributed by atoms with Gasteiger partial charge in [0.1, 0.15) is 5.60 Å². The van der Waals surface area contributed by atoms with Crippen LogP contribution in [0.1, 0.15) is 45.1 Å². The lowest BCUT2D eigenvalue weighted by molar-refractivity contribution is 0.00404. The van der Waals surface area contributed by atoms with Gasteiger partial charge >= 0.3 is 6.09 Å². The molecule has 7 heteroatoms. The number of rotatable bonds is 6. The number of imidazole rings is 1. The van der Waals surface area contributed by atoms with E-state index >= 15 is 0 Å². The number of carbonyl (C=O) groups excluding carboxylic acids is 1. The van der Waals surface area contributed by atoms with Crippen LogP contribution in [0.25, 0.3) is 11.0 Å². The summed E-state index contributed by atoms with van der Waals surface area (Å²) in [6, 6.07) is 7.80. The van der Waals surface area contributed by atoms with Crippen molar-refractivity contribution in [2.45, 2.75) is 51.7 Å². The lowest BCUT2D eigenvalue weighted by atomic mass is 9.77. The van der Waals surface area contributed by atoms with Crippen molar-refractivity contribution >= 4 is 17.1 Å². The van der Waals surface area contributed by atoms with Gasteiger partial charge in [0.15, 0.2) is 0 Å². The summed E-state index contributed by atoms with van der Waals surface area (Å²) >= 11 is 0. The molecule has 0 radical (unpaired) electrons. The molecule has 2 atom stereocenters. The molecule has 1 amide bonds. The van der Waals surface area contributed by atoms with Crippen LogP contribution in [-0.4, -0.2) is 53.0 Å². The quantitative estimate of drug-likeness (QED) is 0.720. The zero-order chi connectivity index (χ0) is 21.4. The molecule has 1 saturated carbocycles. The van der Waals surface area contributed by atoms with Gasteiger partial charge in [-0.1, -0.05) is 13.8 Å². The fourth-order valence-electron chi connectivity index (χ4n) is 5.15. The van der Waals surface area contributed by atoms with E-state index in [1.807, 2.05) is 23.4 Å². The second kappa shape index (κ2) is 7.92. The van der Waals surface area contributed by atoms with Crippen molar-refractivity contribution in [3.63, 3.8) is 0 Å². The first kappa shape index (κ1) is 20.7. The van der Waals surface area contributed by atoms with Crippen LogP contribution in [0.2, 0.25) is 0 Å². The van der Waals surface area contributed by atoms with E-state index < -0.39 is 5.60 Å². The Morgan fingerprint density at radius 2 is 2.27 bits per heavy atom. The number of hydrogen-bond acceptors (Lipinski definition) is 5. The summed E-state index contributed by atoms with van der Waals surface area (Å²) in [7, 11) is 1.69. The molecule has 30 heavy (non-hydrogen) atoms. The highest BCUT2D eigenvalue weighted by Crippen LogP contribution is 2.41. The van der Waals surface area contributed by atoms with Crippen LogP contribution >= 0.6 is 0 Å². The second-order valence-electron chi connectivity index (χ2n) is 9.68. The standard InChI is InChI=1S/C23H30N4O3/c1-22(2,15-29-3)13-27-14-23(30-21(27)28)8-4-5-18(10-23)12-26-16-25-19-7-6-17(11-24)9-20(19)26/h6-7,9,16,18H,4-5,8,10,12-15H2,1-3H3/t18-,23-/m0/s1. The summed E-state index contributed by atoms with van der Waals surface area (Å²) in [6.07, 6.45) is 5.58. The number of aromatic nitrogens is 2. The first-order chi connectivity index (χ1) is 14.3. The minimum atomic E-state index is -0.392. The summed E-state index contributed by atoms with van der Waals surface area (Å²) in [5.41, 5.74) is 2.03. The van der Waals surface area contributed by atoms with E-state index in [9.17, 15) is 10.1 Å². The smallest absolute Gasteiger partial charge is 0.410 e. The predicted octanol–water partition coefficient (Wildman–Crippen LogP) is 3.96. The van der Waals surface area contributed by atoms with Gasteiger partial charge in [-0.2, -0.15) is 5.26 Å². The molecule has 1 aromatic carbocycles. The minimum absolute atomic E-state index is 0.110. The summed E-state index contributed by atoms with van der Waals surface area (Å²) in [5.74, 6) is 0.404. The largest absolute Gasteiger partial charge is 0.441 e. The maximum atomic E-state index is 12.6. The third-order valence-electron chi connectivity index (χ3n) is 6.31. The van der Waals surface area contributed by atoms with Gasteiger partial charge in [0.25, 0.3) is 0 Å². The number of fused-ring (bicyclic) bond motifs is 1. The number of methoxy groups -OCH3 is 1. The van der Waals surface area contributed by atoms with Crippen LogP contribution in [0.3, 0.4) is 0 Å². The Kier molecular flexibility index (Phi) is 5.46. The van der Waals surface area contributed by atoms with Gasteiger partial charge in [0.05, 0.1) is 42.1 Å². The van der Waals surface area contributed by atoms with Crippen molar-refractivity contribution in [3.8, 4) is 6.07 Å². The maximum Gasteiger partial charge on any atom is 0.410 e. The van der Waals surface area contributed by atoms with Crippen molar-refractivity contribution in [2.75, 3.05) is 26.8 Å². The summed E-state index contributed by atoms with van der Waals surface area (Å²) in [6.45, 7) is 6.93. The lowest BCUT2D eigenvalue weighted by Gasteiger charge is -2.36. The molecule has 1 spiro atoms. The van der Waals surface area contributed by atoms with Gasteiger partial charge < -0.3 is 18.9 Å². The molecule has 0 N–H and O–H groups in total. The van der Waals surface area contributed by atoms with E-state index in [1.54, 1.807) is 13.2 Å². The Labute approximate surface area is 177 Å². The van der Waals surface area contributed by atoms with E-state index in [4.69, 9.17) is 9.47 Å². The zero-order valence-electron chi connectivity index (χ0n) is 18.1. The van der Waals surface area contributed by atoms with Gasteiger partial charge in [-0.05, 0) is 49.8 Å². The Morgan fingerprint density at radius 3 is 3.03 bits per heavy atom. The minimum Gasteiger partial charge on any atom is -0.441 e. The topological polar surface area (TPSA) is 80.4 Å². The van der Waals surface area contributed by atoms with E-state index in [0.717, 1.165) is 43.3 Å². The number of benzene rings is 1. The number of nitrogens with zero attached hydrogens (tertiary/aromatic N) is 4. The Bertz CT molecular complexity index is 976. The molecule has 2 fully saturated rings. The first-order valence-electron chi connectivity index (χ1n) is 10.6. The van der Waals surface area contributed by atoms with E-state index in [2.05, 4.69) is 29.5 Å². The molecule has 7 nitrogen and oxygen atoms in total. The number of ether oxygens (including phenoxy) is 2. The van der Waals surface area contributed by atoms with Crippen molar-refractivity contribution in [3.05, 3.63) is 30.1 Å². The van der Waals surface area contributed by atoms with Crippen LogP contribution in [-0.2, 0) is 16.0 Å². The van der Waals surface area contributed by atoms with E-state index in [1.165, 1.54) is 0 Å². The average molecular weight is 411 g/mol. The Balaban J connectivity index is 1.46.